The van der Waals surface area contributed by atoms with Gasteiger partial charge in [-0.1, -0.05) is 53.7 Å². The molecule has 1 N–H and O–H groups in total. The van der Waals surface area contributed by atoms with E-state index in [1.165, 1.54) is 0 Å². The molecule has 0 radical (unpaired) electrons. The number of carbonyl (C=O) groups is 1. The maximum atomic E-state index is 12.5. The van der Waals surface area contributed by atoms with E-state index >= 15 is 0 Å². The van der Waals surface area contributed by atoms with Crippen LogP contribution in [0.15, 0.2) is 53.7 Å². The van der Waals surface area contributed by atoms with E-state index in [2.05, 4.69) is 27.0 Å². The molecule has 0 bridgehead atoms. The van der Waals surface area contributed by atoms with Crippen molar-refractivity contribution in [3.63, 3.8) is 0 Å². The molecule has 144 valence electrons. The van der Waals surface area contributed by atoms with Gasteiger partial charge in [0.2, 0.25) is 0 Å². The van der Waals surface area contributed by atoms with E-state index in [1.54, 1.807) is 11.8 Å². The third-order valence-electron chi connectivity index (χ3n) is 4.68. The molecule has 0 saturated heterocycles. The van der Waals surface area contributed by atoms with Crippen LogP contribution >= 0.6 is 23.4 Å². The summed E-state index contributed by atoms with van der Waals surface area (Å²) in [6, 6.07) is 15.7. The monoisotopic (exact) mass is 412 g/mol. The summed E-state index contributed by atoms with van der Waals surface area (Å²) in [6.45, 7) is 2.80. The molecule has 0 unspecified atom stereocenters. The molecule has 5 nitrogen and oxygen atoms in total. The lowest BCUT2D eigenvalue weighted by Crippen LogP contribution is -2.26. The topological polar surface area (TPSA) is 59.8 Å². The zero-order chi connectivity index (χ0) is 19.5. The minimum Gasteiger partial charge on any atom is -0.349 e. The zero-order valence-electron chi connectivity index (χ0n) is 15.6. The van der Waals surface area contributed by atoms with Crippen molar-refractivity contribution in [1.29, 1.82) is 0 Å². The number of aromatic nitrogens is 3. The van der Waals surface area contributed by atoms with Crippen molar-refractivity contribution in [1.82, 2.24) is 20.1 Å². The van der Waals surface area contributed by atoms with Crippen LogP contribution in [0.1, 0.15) is 35.7 Å². The number of carbonyl (C=O) groups excluding carboxylic acids is 1. The minimum atomic E-state index is 0.00687. The van der Waals surface area contributed by atoms with E-state index in [0.29, 0.717) is 16.8 Å². The van der Waals surface area contributed by atoms with Crippen molar-refractivity contribution in [2.45, 2.75) is 43.3 Å². The zero-order valence-corrected chi connectivity index (χ0v) is 17.1. The standard InChI is InChI=1S/C21H21ClN4OS/c1-2-26-19(17-9-5-6-10-18(17)22)24-25-21(26)28-13-14-7-3-4-8-16(14)20(27)23-15-11-12-15/h3-10,15H,2,11-13H2,1H3,(H,23,27). The van der Waals surface area contributed by atoms with Crippen molar-refractivity contribution in [2.24, 2.45) is 0 Å². The Morgan fingerprint density at radius 3 is 2.68 bits per heavy atom. The second kappa shape index (κ2) is 8.37. The molecule has 0 atom stereocenters. The molecule has 0 aliphatic heterocycles. The predicted molar refractivity (Wildman–Crippen MR) is 113 cm³/mol. The van der Waals surface area contributed by atoms with Crippen molar-refractivity contribution >= 4 is 29.3 Å². The second-order valence-electron chi connectivity index (χ2n) is 6.72. The van der Waals surface area contributed by atoms with Gasteiger partial charge in [-0.2, -0.15) is 0 Å². The lowest BCUT2D eigenvalue weighted by atomic mass is 10.1. The van der Waals surface area contributed by atoms with E-state index in [-0.39, 0.29) is 5.91 Å². The number of halogens is 1. The number of hydrogen-bond acceptors (Lipinski definition) is 4. The van der Waals surface area contributed by atoms with E-state index in [4.69, 9.17) is 11.6 Å². The number of nitrogens with one attached hydrogen (secondary N) is 1. The number of nitrogens with zero attached hydrogens (tertiary/aromatic N) is 3. The summed E-state index contributed by atoms with van der Waals surface area (Å²) < 4.78 is 2.05. The molecule has 1 amide bonds. The maximum Gasteiger partial charge on any atom is 0.251 e. The van der Waals surface area contributed by atoms with Gasteiger partial charge in [-0.25, -0.2) is 0 Å². The molecular formula is C21H21ClN4OS. The van der Waals surface area contributed by atoms with Crippen LogP contribution in [0.5, 0.6) is 0 Å². The SMILES string of the molecule is CCn1c(SCc2ccccc2C(=O)NC2CC2)nnc1-c1ccccc1Cl. The number of rotatable bonds is 7. The first kappa shape index (κ1) is 19.0. The Hall–Kier alpha value is -2.31. The number of amides is 1. The fourth-order valence-electron chi connectivity index (χ4n) is 3.02. The molecule has 1 heterocycles. The van der Waals surface area contributed by atoms with Crippen molar-refractivity contribution in [2.75, 3.05) is 0 Å². The van der Waals surface area contributed by atoms with Crippen LogP contribution in [0.4, 0.5) is 0 Å². The Labute approximate surface area is 173 Å². The van der Waals surface area contributed by atoms with Gasteiger partial charge in [0, 0.05) is 29.5 Å². The summed E-state index contributed by atoms with van der Waals surface area (Å²) in [5, 5.41) is 13.3. The molecule has 0 spiro atoms. The van der Waals surface area contributed by atoms with Gasteiger partial charge >= 0.3 is 0 Å². The van der Waals surface area contributed by atoms with E-state index < -0.39 is 0 Å². The number of benzene rings is 2. The van der Waals surface area contributed by atoms with Crippen LogP contribution in [-0.4, -0.2) is 26.7 Å². The van der Waals surface area contributed by atoms with E-state index in [1.807, 2.05) is 48.5 Å². The molecule has 4 rings (SSSR count). The Morgan fingerprint density at radius 2 is 1.93 bits per heavy atom. The summed E-state index contributed by atoms with van der Waals surface area (Å²) in [4.78, 5) is 12.5. The lowest BCUT2D eigenvalue weighted by molar-refractivity contribution is 0.0950. The fraction of sp³-hybridized carbons (Fsp3) is 0.286. The van der Waals surface area contributed by atoms with E-state index in [0.717, 1.165) is 47.1 Å². The molecule has 28 heavy (non-hydrogen) atoms. The Bertz CT molecular complexity index is 1000. The van der Waals surface area contributed by atoms with Crippen LogP contribution in [0.25, 0.3) is 11.4 Å². The second-order valence-corrected chi connectivity index (χ2v) is 8.07. The molecule has 1 aliphatic carbocycles. The van der Waals surface area contributed by atoms with Gasteiger partial charge in [-0.3, -0.25) is 4.79 Å². The molecule has 1 saturated carbocycles. The van der Waals surface area contributed by atoms with Crippen molar-refractivity contribution in [3.05, 3.63) is 64.7 Å². The smallest absolute Gasteiger partial charge is 0.251 e. The van der Waals surface area contributed by atoms with Crippen LogP contribution < -0.4 is 5.32 Å². The Balaban J connectivity index is 1.55. The average Bonchev–Trinajstić information content (AvgIpc) is 3.43. The van der Waals surface area contributed by atoms with Gasteiger partial charge in [0.15, 0.2) is 11.0 Å². The normalized spacial score (nSPS) is 13.5. The van der Waals surface area contributed by atoms with Crippen LogP contribution in [0, 0.1) is 0 Å². The third kappa shape index (κ3) is 4.08. The molecule has 1 aromatic heterocycles. The molecule has 1 aliphatic rings. The highest BCUT2D eigenvalue weighted by atomic mass is 35.5. The van der Waals surface area contributed by atoms with Crippen LogP contribution in [0.2, 0.25) is 5.02 Å². The predicted octanol–water partition coefficient (Wildman–Crippen LogP) is 4.80. The summed E-state index contributed by atoms with van der Waals surface area (Å²) in [5.74, 6) is 1.41. The molecular weight excluding hydrogens is 392 g/mol. The number of hydrogen-bond donors (Lipinski definition) is 1. The molecule has 2 aromatic carbocycles. The molecule has 1 fully saturated rings. The van der Waals surface area contributed by atoms with Crippen molar-refractivity contribution in [3.8, 4) is 11.4 Å². The highest BCUT2D eigenvalue weighted by Gasteiger charge is 2.25. The summed E-state index contributed by atoms with van der Waals surface area (Å²) in [7, 11) is 0. The summed E-state index contributed by atoms with van der Waals surface area (Å²) >= 11 is 7.92. The van der Waals surface area contributed by atoms with Gasteiger partial charge in [0.25, 0.3) is 5.91 Å². The quantitative estimate of drug-likeness (QED) is 0.566. The Morgan fingerprint density at radius 1 is 1.18 bits per heavy atom. The van der Waals surface area contributed by atoms with Gasteiger partial charge < -0.3 is 9.88 Å². The third-order valence-corrected chi connectivity index (χ3v) is 6.02. The first-order valence-corrected chi connectivity index (χ1v) is 10.7. The number of thioether (sulfide) groups is 1. The van der Waals surface area contributed by atoms with Gasteiger partial charge in [0.1, 0.15) is 0 Å². The maximum absolute atomic E-state index is 12.5. The Kier molecular flexibility index (Phi) is 5.69. The molecule has 7 heteroatoms. The van der Waals surface area contributed by atoms with Gasteiger partial charge in [0.05, 0.1) is 5.02 Å². The van der Waals surface area contributed by atoms with Crippen LogP contribution in [0.3, 0.4) is 0 Å². The van der Waals surface area contributed by atoms with Gasteiger partial charge in [-0.15, -0.1) is 10.2 Å². The average molecular weight is 413 g/mol. The largest absolute Gasteiger partial charge is 0.349 e. The fourth-order valence-corrected chi connectivity index (χ4v) is 4.25. The summed E-state index contributed by atoms with van der Waals surface area (Å²) in [6.07, 6.45) is 2.15. The minimum absolute atomic E-state index is 0.00687. The van der Waals surface area contributed by atoms with Gasteiger partial charge in [-0.05, 0) is 43.5 Å². The first-order chi connectivity index (χ1) is 13.7. The van der Waals surface area contributed by atoms with Crippen molar-refractivity contribution < 1.29 is 4.79 Å². The summed E-state index contributed by atoms with van der Waals surface area (Å²) in [5.41, 5.74) is 2.60. The molecule has 3 aromatic rings. The van der Waals surface area contributed by atoms with E-state index in [9.17, 15) is 4.79 Å². The highest BCUT2D eigenvalue weighted by molar-refractivity contribution is 7.98. The highest BCUT2D eigenvalue weighted by Crippen LogP contribution is 2.31. The first-order valence-electron chi connectivity index (χ1n) is 9.37. The lowest BCUT2D eigenvalue weighted by Gasteiger charge is -2.11. The van der Waals surface area contributed by atoms with Crippen LogP contribution in [-0.2, 0) is 12.3 Å².